The van der Waals surface area contributed by atoms with Crippen molar-refractivity contribution >= 4 is 11.8 Å². The average molecular weight is 227 g/mol. The first kappa shape index (κ1) is 13.0. The van der Waals surface area contributed by atoms with Crippen LogP contribution in [-0.4, -0.2) is 42.4 Å². The van der Waals surface area contributed by atoms with Crippen LogP contribution in [0, 0.1) is 5.92 Å². The number of hydrogen-bond donors (Lipinski definition) is 2. The molecule has 2 amide bonds. The van der Waals surface area contributed by atoms with Crippen LogP contribution in [0.4, 0.5) is 0 Å². The lowest BCUT2D eigenvalue weighted by Gasteiger charge is -2.30. The molecule has 0 spiro atoms. The van der Waals surface area contributed by atoms with E-state index in [2.05, 4.69) is 5.32 Å². The summed E-state index contributed by atoms with van der Waals surface area (Å²) < 4.78 is 0. The monoisotopic (exact) mass is 227 g/mol. The van der Waals surface area contributed by atoms with E-state index in [1.807, 2.05) is 6.92 Å². The van der Waals surface area contributed by atoms with Crippen molar-refractivity contribution in [1.29, 1.82) is 0 Å². The number of carbonyl (C=O) groups is 2. The highest BCUT2D eigenvalue weighted by atomic mass is 16.2. The fourth-order valence-corrected chi connectivity index (χ4v) is 1.78. The van der Waals surface area contributed by atoms with E-state index in [0.29, 0.717) is 6.54 Å². The molecule has 1 aliphatic carbocycles. The Morgan fingerprint density at radius 2 is 2.06 bits per heavy atom. The second-order valence-corrected chi connectivity index (χ2v) is 4.55. The molecule has 0 saturated heterocycles. The molecule has 16 heavy (non-hydrogen) atoms. The first-order valence-corrected chi connectivity index (χ1v) is 5.72. The van der Waals surface area contributed by atoms with E-state index in [1.165, 1.54) is 4.90 Å². The standard InChI is InChI=1S/C11H21N3O2/c1-4-14(7-9(15)13-3)10(16)11(2,12)8-5-6-8/h8H,4-7,12H2,1-3H3,(H,13,15). The minimum Gasteiger partial charge on any atom is -0.358 e. The van der Waals surface area contributed by atoms with Gasteiger partial charge < -0.3 is 16.0 Å². The predicted octanol–water partition coefficient (Wildman–Crippen LogP) is -0.292. The molecule has 1 fully saturated rings. The topological polar surface area (TPSA) is 75.4 Å². The third kappa shape index (κ3) is 2.72. The van der Waals surface area contributed by atoms with E-state index >= 15 is 0 Å². The summed E-state index contributed by atoms with van der Waals surface area (Å²) in [5.41, 5.74) is 5.22. The number of carbonyl (C=O) groups excluding carboxylic acids is 2. The van der Waals surface area contributed by atoms with E-state index in [-0.39, 0.29) is 24.3 Å². The van der Waals surface area contributed by atoms with Gasteiger partial charge in [0, 0.05) is 13.6 Å². The summed E-state index contributed by atoms with van der Waals surface area (Å²) in [5, 5.41) is 2.51. The third-order valence-corrected chi connectivity index (χ3v) is 3.17. The van der Waals surface area contributed by atoms with Gasteiger partial charge >= 0.3 is 0 Å². The average Bonchev–Trinajstić information content (AvgIpc) is 3.08. The molecular weight excluding hydrogens is 206 g/mol. The third-order valence-electron chi connectivity index (χ3n) is 3.17. The fraction of sp³-hybridized carbons (Fsp3) is 0.818. The molecule has 0 heterocycles. The van der Waals surface area contributed by atoms with Gasteiger partial charge in [-0.3, -0.25) is 9.59 Å². The van der Waals surface area contributed by atoms with Crippen molar-refractivity contribution in [3.05, 3.63) is 0 Å². The number of amides is 2. The Morgan fingerprint density at radius 3 is 2.44 bits per heavy atom. The Kier molecular flexibility index (Phi) is 3.91. The lowest BCUT2D eigenvalue weighted by atomic mass is 9.95. The molecule has 1 rings (SSSR count). The molecule has 5 nitrogen and oxygen atoms in total. The first-order valence-electron chi connectivity index (χ1n) is 5.72. The molecule has 0 radical (unpaired) electrons. The number of nitrogens with one attached hydrogen (secondary N) is 1. The maximum atomic E-state index is 12.1. The van der Waals surface area contributed by atoms with Gasteiger partial charge in [-0.25, -0.2) is 0 Å². The molecule has 1 unspecified atom stereocenters. The number of nitrogens with two attached hydrogens (primary N) is 1. The van der Waals surface area contributed by atoms with Gasteiger partial charge in [-0.15, -0.1) is 0 Å². The Hall–Kier alpha value is -1.10. The van der Waals surface area contributed by atoms with E-state index in [9.17, 15) is 9.59 Å². The Bertz CT molecular complexity index is 285. The molecule has 0 aliphatic heterocycles. The van der Waals surface area contributed by atoms with Gasteiger partial charge in [-0.05, 0) is 32.6 Å². The molecule has 92 valence electrons. The number of hydrogen-bond acceptors (Lipinski definition) is 3. The minimum absolute atomic E-state index is 0.0886. The number of rotatable bonds is 5. The Morgan fingerprint density at radius 1 is 1.50 bits per heavy atom. The molecular formula is C11H21N3O2. The van der Waals surface area contributed by atoms with Crippen molar-refractivity contribution < 1.29 is 9.59 Å². The van der Waals surface area contributed by atoms with E-state index < -0.39 is 5.54 Å². The molecule has 0 aromatic carbocycles. The zero-order valence-electron chi connectivity index (χ0n) is 10.2. The lowest BCUT2D eigenvalue weighted by molar-refractivity contribution is -0.140. The predicted molar refractivity (Wildman–Crippen MR) is 61.6 cm³/mol. The SMILES string of the molecule is CCN(CC(=O)NC)C(=O)C(C)(N)C1CC1. The Balaban J connectivity index is 2.64. The van der Waals surface area contributed by atoms with Crippen LogP contribution in [0.15, 0.2) is 0 Å². The number of nitrogens with zero attached hydrogens (tertiary/aromatic N) is 1. The molecule has 3 N–H and O–H groups in total. The minimum atomic E-state index is -0.815. The summed E-state index contributed by atoms with van der Waals surface area (Å²) in [6, 6.07) is 0. The largest absolute Gasteiger partial charge is 0.358 e. The summed E-state index contributed by atoms with van der Waals surface area (Å²) in [6.45, 7) is 4.21. The highest BCUT2D eigenvalue weighted by Gasteiger charge is 2.45. The van der Waals surface area contributed by atoms with Gasteiger partial charge in [0.1, 0.15) is 0 Å². The summed E-state index contributed by atoms with van der Waals surface area (Å²) >= 11 is 0. The zero-order chi connectivity index (χ0) is 12.3. The Labute approximate surface area is 96.4 Å². The van der Waals surface area contributed by atoms with E-state index in [4.69, 9.17) is 5.73 Å². The normalized spacial score (nSPS) is 18.8. The van der Waals surface area contributed by atoms with Crippen LogP contribution in [0.3, 0.4) is 0 Å². The second kappa shape index (κ2) is 4.82. The molecule has 0 aromatic heterocycles. The highest BCUT2D eigenvalue weighted by molar-refractivity contribution is 5.90. The number of likely N-dealkylation sites (N-methyl/N-ethyl adjacent to an activating group) is 2. The van der Waals surface area contributed by atoms with Gasteiger partial charge in [-0.2, -0.15) is 0 Å². The van der Waals surface area contributed by atoms with Gasteiger partial charge in [-0.1, -0.05) is 0 Å². The van der Waals surface area contributed by atoms with Crippen LogP contribution in [0.2, 0.25) is 0 Å². The first-order chi connectivity index (χ1) is 7.43. The van der Waals surface area contributed by atoms with Gasteiger partial charge in [0.15, 0.2) is 0 Å². The van der Waals surface area contributed by atoms with E-state index in [1.54, 1.807) is 14.0 Å². The zero-order valence-corrected chi connectivity index (χ0v) is 10.2. The maximum Gasteiger partial charge on any atom is 0.243 e. The maximum absolute atomic E-state index is 12.1. The molecule has 5 heteroatoms. The van der Waals surface area contributed by atoms with Crippen molar-refractivity contribution in [1.82, 2.24) is 10.2 Å². The molecule has 1 aliphatic rings. The van der Waals surface area contributed by atoms with Gasteiger partial charge in [0.25, 0.3) is 0 Å². The highest BCUT2D eigenvalue weighted by Crippen LogP contribution is 2.38. The van der Waals surface area contributed by atoms with Crippen molar-refractivity contribution in [3.8, 4) is 0 Å². The van der Waals surface area contributed by atoms with Crippen LogP contribution in [0.5, 0.6) is 0 Å². The van der Waals surface area contributed by atoms with Crippen LogP contribution >= 0.6 is 0 Å². The summed E-state index contributed by atoms with van der Waals surface area (Å²) in [6.07, 6.45) is 2.02. The molecule has 1 atom stereocenters. The summed E-state index contributed by atoms with van der Waals surface area (Å²) in [7, 11) is 1.56. The van der Waals surface area contributed by atoms with Crippen LogP contribution < -0.4 is 11.1 Å². The fourth-order valence-electron chi connectivity index (χ4n) is 1.78. The van der Waals surface area contributed by atoms with Crippen molar-refractivity contribution in [2.75, 3.05) is 20.1 Å². The van der Waals surface area contributed by atoms with Gasteiger partial charge in [0.05, 0.1) is 12.1 Å². The smallest absolute Gasteiger partial charge is 0.243 e. The van der Waals surface area contributed by atoms with Crippen LogP contribution in [0.25, 0.3) is 0 Å². The molecule has 0 aromatic rings. The van der Waals surface area contributed by atoms with Crippen molar-refractivity contribution in [2.45, 2.75) is 32.2 Å². The van der Waals surface area contributed by atoms with Crippen molar-refractivity contribution in [2.24, 2.45) is 11.7 Å². The van der Waals surface area contributed by atoms with Crippen LogP contribution in [0.1, 0.15) is 26.7 Å². The summed E-state index contributed by atoms with van der Waals surface area (Å²) in [4.78, 5) is 24.9. The van der Waals surface area contributed by atoms with Crippen LogP contribution in [-0.2, 0) is 9.59 Å². The lowest BCUT2D eigenvalue weighted by Crippen LogP contribution is -2.56. The van der Waals surface area contributed by atoms with Crippen molar-refractivity contribution in [3.63, 3.8) is 0 Å². The second-order valence-electron chi connectivity index (χ2n) is 4.55. The quantitative estimate of drug-likeness (QED) is 0.677. The van der Waals surface area contributed by atoms with Gasteiger partial charge in [0.2, 0.25) is 11.8 Å². The molecule has 0 bridgehead atoms. The van der Waals surface area contributed by atoms with E-state index in [0.717, 1.165) is 12.8 Å². The summed E-state index contributed by atoms with van der Waals surface area (Å²) in [5.74, 6) is -0.0124. The molecule has 1 saturated carbocycles.